The first-order chi connectivity index (χ1) is 11.2. The maximum absolute atomic E-state index is 13.2. The zero-order valence-corrected chi connectivity index (χ0v) is 13.9. The molecule has 0 bridgehead atoms. The van der Waals surface area contributed by atoms with Gasteiger partial charge in [-0.3, -0.25) is 4.79 Å². The van der Waals surface area contributed by atoms with Gasteiger partial charge in [0.1, 0.15) is 12.4 Å². The Hall–Kier alpha value is -2.29. The number of anilines is 1. The summed E-state index contributed by atoms with van der Waals surface area (Å²) in [5, 5.41) is 7.69. The summed E-state index contributed by atoms with van der Waals surface area (Å²) < 4.78 is 35.8. The monoisotopic (exact) mass is 352 g/mol. The third-order valence-electron chi connectivity index (χ3n) is 3.30. The van der Waals surface area contributed by atoms with Crippen LogP contribution in [0.3, 0.4) is 0 Å². The highest BCUT2D eigenvalue weighted by Crippen LogP contribution is 2.13. The quantitative estimate of drug-likeness (QED) is 0.690. The van der Waals surface area contributed by atoms with E-state index in [0.29, 0.717) is 12.2 Å². The van der Waals surface area contributed by atoms with Gasteiger partial charge >= 0.3 is 0 Å². The first-order valence-electron chi connectivity index (χ1n) is 7.22. The van der Waals surface area contributed by atoms with E-state index >= 15 is 0 Å². The van der Waals surface area contributed by atoms with Crippen molar-refractivity contribution < 1.29 is 22.5 Å². The third-order valence-corrected chi connectivity index (χ3v) is 4.21. The minimum absolute atomic E-state index is 0.0687. The van der Waals surface area contributed by atoms with Crippen LogP contribution in [0.1, 0.15) is 5.56 Å². The minimum Gasteiger partial charge on any atom is -0.326 e. The highest BCUT2D eigenvalue weighted by molar-refractivity contribution is 7.89. The summed E-state index contributed by atoms with van der Waals surface area (Å²) in [5.74, 6) is -0.597. The van der Waals surface area contributed by atoms with Gasteiger partial charge in [-0.25, -0.2) is 17.9 Å². The van der Waals surface area contributed by atoms with Crippen molar-refractivity contribution in [3.8, 4) is 0 Å². The normalized spacial score (nSPS) is 12.6. The molecule has 1 unspecified atom stereocenters. The predicted molar refractivity (Wildman–Crippen MR) is 88.3 cm³/mol. The maximum Gasteiger partial charge on any atom is 0.279 e. The van der Waals surface area contributed by atoms with Crippen molar-refractivity contribution in [2.24, 2.45) is 5.14 Å². The molecule has 0 spiro atoms. The second-order valence-electron chi connectivity index (χ2n) is 5.56. The van der Waals surface area contributed by atoms with Crippen LogP contribution in [-0.4, -0.2) is 27.9 Å². The summed E-state index contributed by atoms with van der Waals surface area (Å²) in [4.78, 5) is 12.8. The number of rotatable bonds is 6. The molecule has 0 aliphatic heterocycles. The number of carbonyl (C=O) groups is 1. The first kappa shape index (κ1) is 18.1. The molecule has 0 aromatic heterocycles. The molecule has 4 N–H and O–H groups in total. The minimum atomic E-state index is -3.82. The number of likely N-dealkylation sites (N-methyl/N-ethyl adjacent to an activating group) is 1. The summed E-state index contributed by atoms with van der Waals surface area (Å²) in [6.45, 7) is 0.637. The molecular formula is C16H19FN3O3S+. The van der Waals surface area contributed by atoms with Gasteiger partial charge in [0.2, 0.25) is 10.0 Å². The van der Waals surface area contributed by atoms with Crippen molar-refractivity contribution in [2.45, 2.75) is 11.4 Å². The van der Waals surface area contributed by atoms with Crippen LogP contribution in [0, 0.1) is 5.82 Å². The average Bonchev–Trinajstić information content (AvgIpc) is 2.46. The van der Waals surface area contributed by atoms with E-state index in [1.807, 2.05) is 7.05 Å². The number of hydrogen-bond donors (Lipinski definition) is 3. The van der Waals surface area contributed by atoms with Crippen LogP contribution < -0.4 is 15.4 Å². The molecule has 0 saturated heterocycles. The van der Waals surface area contributed by atoms with Gasteiger partial charge in [-0.2, -0.15) is 0 Å². The Labute approximate surface area is 140 Å². The number of primary sulfonamides is 1. The molecule has 8 heteroatoms. The predicted octanol–water partition coefficient (Wildman–Crippen LogP) is 0.127. The number of hydrogen-bond acceptors (Lipinski definition) is 3. The molecule has 0 saturated carbocycles. The van der Waals surface area contributed by atoms with Crippen molar-refractivity contribution in [1.29, 1.82) is 0 Å². The average molecular weight is 352 g/mol. The number of benzene rings is 2. The molecule has 24 heavy (non-hydrogen) atoms. The lowest BCUT2D eigenvalue weighted by Gasteiger charge is -2.14. The Bertz CT molecular complexity index is 840. The number of quaternary nitrogens is 1. The molecular weight excluding hydrogens is 333 g/mol. The van der Waals surface area contributed by atoms with Gasteiger partial charge in [-0.1, -0.05) is 18.2 Å². The third kappa shape index (κ3) is 5.41. The summed E-state index contributed by atoms with van der Waals surface area (Å²) in [6, 6.07) is 11.9. The lowest BCUT2D eigenvalue weighted by Crippen LogP contribution is -3.08. The molecule has 0 radical (unpaired) electrons. The molecule has 0 aliphatic rings. The number of sulfonamides is 1. The largest absolute Gasteiger partial charge is 0.326 e. The molecule has 6 nitrogen and oxygen atoms in total. The number of amides is 1. The van der Waals surface area contributed by atoms with Crippen molar-refractivity contribution in [1.82, 2.24) is 0 Å². The molecule has 0 fully saturated rings. The van der Waals surface area contributed by atoms with Gasteiger partial charge in [0.25, 0.3) is 5.91 Å². The molecule has 0 aliphatic carbocycles. The maximum atomic E-state index is 13.2. The summed E-state index contributed by atoms with van der Waals surface area (Å²) in [6.07, 6.45) is 0. The standard InChI is InChI=1S/C16H18FN3O3S/c1-20(10-12-4-2-5-13(17)8-12)11-16(21)19-14-6-3-7-15(9-14)24(18,22)23/h2-9H,10-11H2,1H3,(H,19,21)(H2,18,22,23)/p+1. The fraction of sp³-hybridized carbons (Fsp3) is 0.188. The van der Waals surface area contributed by atoms with Crippen LogP contribution in [0.15, 0.2) is 53.4 Å². The van der Waals surface area contributed by atoms with Crippen LogP contribution in [0.25, 0.3) is 0 Å². The Kier molecular flexibility index (Phi) is 5.66. The lowest BCUT2D eigenvalue weighted by atomic mass is 10.2. The molecule has 0 heterocycles. The van der Waals surface area contributed by atoms with Crippen LogP contribution in [0.5, 0.6) is 0 Å². The second-order valence-corrected chi connectivity index (χ2v) is 7.12. The van der Waals surface area contributed by atoms with Crippen molar-refractivity contribution in [3.63, 3.8) is 0 Å². The van der Waals surface area contributed by atoms with E-state index in [1.54, 1.807) is 18.2 Å². The van der Waals surface area contributed by atoms with E-state index in [2.05, 4.69) is 5.32 Å². The number of nitrogens with one attached hydrogen (secondary N) is 2. The van der Waals surface area contributed by atoms with Crippen LogP contribution >= 0.6 is 0 Å². The lowest BCUT2D eigenvalue weighted by molar-refractivity contribution is -0.885. The van der Waals surface area contributed by atoms with E-state index < -0.39 is 10.0 Å². The highest BCUT2D eigenvalue weighted by Gasteiger charge is 2.13. The summed E-state index contributed by atoms with van der Waals surface area (Å²) >= 11 is 0. The van der Waals surface area contributed by atoms with E-state index in [-0.39, 0.29) is 23.2 Å². The number of nitrogens with two attached hydrogens (primary N) is 1. The van der Waals surface area contributed by atoms with Gasteiger partial charge in [0.15, 0.2) is 6.54 Å². The topological polar surface area (TPSA) is 93.7 Å². The molecule has 1 atom stereocenters. The Morgan fingerprint density at radius 1 is 1.21 bits per heavy atom. The first-order valence-corrected chi connectivity index (χ1v) is 8.77. The van der Waals surface area contributed by atoms with Crippen LogP contribution in [-0.2, 0) is 21.4 Å². The highest BCUT2D eigenvalue weighted by atomic mass is 32.2. The van der Waals surface area contributed by atoms with E-state index in [1.165, 1.54) is 30.3 Å². The second kappa shape index (κ2) is 7.52. The van der Waals surface area contributed by atoms with Gasteiger partial charge in [0, 0.05) is 11.3 Å². The molecule has 128 valence electrons. The van der Waals surface area contributed by atoms with Gasteiger partial charge in [-0.15, -0.1) is 0 Å². The van der Waals surface area contributed by atoms with Crippen molar-refractivity contribution in [3.05, 3.63) is 59.9 Å². The van der Waals surface area contributed by atoms with Crippen LogP contribution in [0.4, 0.5) is 10.1 Å². The molecule has 2 aromatic carbocycles. The molecule has 2 rings (SSSR count). The molecule has 2 aromatic rings. The van der Waals surface area contributed by atoms with E-state index in [4.69, 9.17) is 5.14 Å². The number of carbonyl (C=O) groups excluding carboxylic acids is 1. The number of halogens is 1. The Morgan fingerprint density at radius 3 is 2.58 bits per heavy atom. The van der Waals surface area contributed by atoms with Crippen molar-refractivity contribution in [2.75, 3.05) is 18.9 Å². The fourth-order valence-electron chi connectivity index (χ4n) is 2.29. The zero-order chi connectivity index (χ0) is 17.7. The smallest absolute Gasteiger partial charge is 0.279 e. The zero-order valence-electron chi connectivity index (χ0n) is 13.1. The SMILES string of the molecule is C[NH+](CC(=O)Nc1cccc(S(N)(=O)=O)c1)Cc1cccc(F)c1. The fourth-order valence-corrected chi connectivity index (χ4v) is 2.85. The van der Waals surface area contributed by atoms with E-state index in [9.17, 15) is 17.6 Å². The Balaban J connectivity index is 1.95. The summed E-state index contributed by atoms with van der Waals surface area (Å²) in [5.41, 5.74) is 1.14. The molecule has 1 amide bonds. The van der Waals surface area contributed by atoms with Crippen LogP contribution in [0.2, 0.25) is 0 Å². The van der Waals surface area contributed by atoms with Gasteiger partial charge < -0.3 is 10.2 Å². The van der Waals surface area contributed by atoms with E-state index in [0.717, 1.165) is 10.5 Å². The van der Waals surface area contributed by atoms with Crippen molar-refractivity contribution >= 4 is 21.6 Å². The van der Waals surface area contributed by atoms with Gasteiger partial charge in [0.05, 0.1) is 11.9 Å². The van der Waals surface area contributed by atoms with Gasteiger partial charge in [-0.05, 0) is 30.3 Å². The Morgan fingerprint density at radius 2 is 1.92 bits per heavy atom. The summed E-state index contributed by atoms with van der Waals surface area (Å²) in [7, 11) is -2.01.